The molecule has 0 aliphatic heterocycles. The topological polar surface area (TPSA) is 45.1 Å². The van der Waals surface area contributed by atoms with E-state index < -0.39 is 5.54 Å². The molecule has 0 radical (unpaired) electrons. The minimum absolute atomic E-state index is 0.0609. The van der Waals surface area contributed by atoms with Gasteiger partial charge in [0.1, 0.15) is 5.82 Å². The fourth-order valence-electron chi connectivity index (χ4n) is 2.45. The Morgan fingerprint density at radius 2 is 2.18 bits per heavy atom. The molecule has 17 heavy (non-hydrogen) atoms. The zero-order chi connectivity index (χ0) is 12.3. The lowest BCUT2D eigenvalue weighted by Crippen LogP contribution is -2.47. The van der Waals surface area contributed by atoms with Gasteiger partial charge >= 0.3 is 0 Å². The Morgan fingerprint density at radius 1 is 1.47 bits per heavy atom. The van der Waals surface area contributed by atoms with E-state index in [9.17, 15) is 9.50 Å². The lowest BCUT2D eigenvalue weighted by Gasteiger charge is -2.32. The fraction of sp³-hybridized carbons (Fsp3) is 0.615. The van der Waals surface area contributed by atoms with Crippen LogP contribution in [0.5, 0.6) is 0 Å². The molecule has 94 valence electrons. The summed E-state index contributed by atoms with van der Waals surface area (Å²) in [5.74, 6) is -0.365. The molecule has 0 amide bonds. The van der Waals surface area contributed by atoms with E-state index in [-0.39, 0.29) is 12.4 Å². The molecule has 2 rings (SSSR count). The van der Waals surface area contributed by atoms with E-state index in [0.29, 0.717) is 11.6 Å². The number of nitrogens with zero attached hydrogens (tertiary/aromatic N) is 1. The molecule has 1 heterocycles. The summed E-state index contributed by atoms with van der Waals surface area (Å²) >= 11 is 0. The minimum Gasteiger partial charge on any atom is -0.394 e. The van der Waals surface area contributed by atoms with Crippen molar-refractivity contribution in [1.82, 2.24) is 10.3 Å². The number of aliphatic hydroxyl groups excluding tert-OH is 1. The molecular formula is C13H19FN2O. The first kappa shape index (κ1) is 12.5. The van der Waals surface area contributed by atoms with Gasteiger partial charge in [-0.25, -0.2) is 4.39 Å². The van der Waals surface area contributed by atoms with Crippen LogP contribution in [-0.2, 0) is 5.54 Å². The third-order valence-corrected chi connectivity index (χ3v) is 3.54. The van der Waals surface area contributed by atoms with Gasteiger partial charge in [0.2, 0.25) is 0 Å². The smallest absolute Gasteiger partial charge is 0.141 e. The summed E-state index contributed by atoms with van der Waals surface area (Å²) in [6, 6.07) is 1.85. The highest BCUT2D eigenvalue weighted by molar-refractivity contribution is 5.21. The van der Waals surface area contributed by atoms with Crippen LogP contribution >= 0.6 is 0 Å². The maximum absolute atomic E-state index is 13.2. The number of pyridine rings is 1. The van der Waals surface area contributed by atoms with Crippen molar-refractivity contribution in [1.29, 1.82) is 0 Å². The van der Waals surface area contributed by atoms with Crippen LogP contribution in [0.15, 0.2) is 18.5 Å². The Labute approximate surface area is 101 Å². The van der Waals surface area contributed by atoms with Crippen molar-refractivity contribution in [2.24, 2.45) is 0 Å². The standard InChI is InChI=1S/C13H19FN2O/c1-13(9-17,16-12-4-2-3-5-12)10-6-11(14)8-15-7-10/h6-8,12,16-17H,2-5,9H2,1H3. The highest BCUT2D eigenvalue weighted by Gasteiger charge is 2.30. The summed E-state index contributed by atoms with van der Waals surface area (Å²) in [6.07, 6.45) is 7.48. The molecule has 1 fully saturated rings. The van der Waals surface area contributed by atoms with Crippen LogP contribution in [0.2, 0.25) is 0 Å². The quantitative estimate of drug-likeness (QED) is 0.843. The molecule has 3 nitrogen and oxygen atoms in total. The van der Waals surface area contributed by atoms with Crippen molar-refractivity contribution in [2.45, 2.75) is 44.2 Å². The first-order chi connectivity index (χ1) is 8.14. The fourth-order valence-corrected chi connectivity index (χ4v) is 2.45. The number of halogens is 1. The van der Waals surface area contributed by atoms with E-state index in [2.05, 4.69) is 10.3 Å². The number of aromatic nitrogens is 1. The summed E-state index contributed by atoms with van der Waals surface area (Å²) in [7, 11) is 0. The van der Waals surface area contributed by atoms with Crippen LogP contribution in [0.4, 0.5) is 4.39 Å². The van der Waals surface area contributed by atoms with Crippen molar-refractivity contribution in [3.8, 4) is 0 Å². The van der Waals surface area contributed by atoms with Crippen LogP contribution in [-0.4, -0.2) is 22.7 Å². The lowest BCUT2D eigenvalue weighted by atomic mass is 9.93. The van der Waals surface area contributed by atoms with Crippen LogP contribution in [0.3, 0.4) is 0 Å². The summed E-state index contributed by atoms with van der Waals surface area (Å²) in [4.78, 5) is 3.85. The largest absolute Gasteiger partial charge is 0.394 e. The minimum atomic E-state index is -0.607. The maximum atomic E-state index is 13.2. The van der Waals surface area contributed by atoms with Gasteiger partial charge in [-0.05, 0) is 31.4 Å². The first-order valence-electron chi connectivity index (χ1n) is 6.14. The molecule has 1 unspecified atom stereocenters. The second kappa shape index (κ2) is 5.10. The molecule has 2 N–H and O–H groups in total. The highest BCUT2D eigenvalue weighted by atomic mass is 19.1. The molecular weight excluding hydrogens is 219 g/mol. The number of rotatable bonds is 4. The van der Waals surface area contributed by atoms with Crippen molar-refractivity contribution in [2.75, 3.05) is 6.61 Å². The van der Waals surface area contributed by atoms with E-state index in [0.717, 1.165) is 12.8 Å². The van der Waals surface area contributed by atoms with Crippen molar-refractivity contribution in [3.63, 3.8) is 0 Å². The zero-order valence-electron chi connectivity index (χ0n) is 10.1. The normalized spacial score (nSPS) is 20.4. The molecule has 1 aliphatic rings. The lowest BCUT2D eigenvalue weighted by molar-refractivity contribution is 0.160. The van der Waals surface area contributed by atoms with Crippen LogP contribution < -0.4 is 5.32 Å². The maximum Gasteiger partial charge on any atom is 0.141 e. The summed E-state index contributed by atoms with van der Waals surface area (Å²) in [5.41, 5.74) is 0.0938. The monoisotopic (exact) mass is 238 g/mol. The molecule has 1 saturated carbocycles. The average Bonchev–Trinajstić information content (AvgIpc) is 2.81. The van der Waals surface area contributed by atoms with Gasteiger partial charge in [-0.15, -0.1) is 0 Å². The third-order valence-electron chi connectivity index (χ3n) is 3.54. The molecule has 0 bridgehead atoms. The Kier molecular flexibility index (Phi) is 3.74. The molecule has 0 aromatic carbocycles. The second-order valence-corrected chi connectivity index (χ2v) is 5.01. The van der Waals surface area contributed by atoms with Crippen molar-refractivity contribution in [3.05, 3.63) is 29.8 Å². The number of hydrogen-bond donors (Lipinski definition) is 2. The van der Waals surface area contributed by atoms with Gasteiger partial charge in [0.15, 0.2) is 0 Å². The van der Waals surface area contributed by atoms with Crippen molar-refractivity contribution >= 4 is 0 Å². The van der Waals surface area contributed by atoms with E-state index in [1.807, 2.05) is 6.92 Å². The van der Waals surface area contributed by atoms with Gasteiger partial charge in [-0.1, -0.05) is 12.8 Å². The van der Waals surface area contributed by atoms with E-state index in [4.69, 9.17) is 0 Å². The Balaban J connectivity index is 2.17. The second-order valence-electron chi connectivity index (χ2n) is 5.01. The van der Waals surface area contributed by atoms with Crippen LogP contribution in [0, 0.1) is 5.82 Å². The predicted octanol–water partition coefficient (Wildman–Crippen LogP) is 1.96. The van der Waals surface area contributed by atoms with Gasteiger partial charge < -0.3 is 10.4 Å². The van der Waals surface area contributed by atoms with Crippen LogP contribution in [0.25, 0.3) is 0 Å². The summed E-state index contributed by atoms with van der Waals surface area (Å²) < 4.78 is 13.2. The van der Waals surface area contributed by atoms with Gasteiger partial charge in [0.25, 0.3) is 0 Å². The van der Waals surface area contributed by atoms with Crippen molar-refractivity contribution < 1.29 is 9.50 Å². The SMILES string of the molecule is CC(CO)(NC1CCCC1)c1cncc(F)c1. The number of nitrogens with one attached hydrogen (secondary N) is 1. The molecule has 1 aliphatic carbocycles. The molecule has 1 aromatic rings. The molecule has 1 atom stereocenters. The van der Waals surface area contributed by atoms with E-state index in [1.54, 1.807) is 6.20 Å². The predicted molar refractivity (Wildman–Crippen MR) is 64.0 cm³/mol. The summed E-state index contributed by atoms with van der Waals surface area (Å²) in [6.45, 7) is 1.83. The first-order valence-corrected chi connectivity index (χ1v) is 6.14. The third kappa shape index (κ3) is 2.82. The van der Waals surface area contributed by atoms with Gasteiger partial charge in [0, 0.05) is 12.2 Å². The van der Waals surface area contributed by atoms with E-state index in [1.165, 1.54) is 25.1 Å². The average molecular weight is 238 g/mol. The van der Waals surface area contributed by atoms with Gasteiger partial charge in [0.05, 0.1) is 18.3 Å². The van der Waals surface area contributed by atoms with E-state index >= 15 is 0 Å². The van der Waals surface area contributed by atoms with Gasteiger partial charge in [-0.2, -0.15) is 0 Å². The number of hydrogen-bond acceptors (Lipinski definition) is 3. The number of aliphatic hydroxyl groups is 1. The molecule has 1 aromatic heterocycles. The molecule has 4 heteroatoms. The Bertz CT molecular complexity index is 379. The molecule has 0 saturated heterocycles. The zero-order valence-corrected chi connectivity index (χ0v) is 10.1. The summed E-state index contributed by atoms with van der Waals surface area (Å²) in [5, 5.41) is 13.0. The highest BCUT2D eigenvalue weighted by Crippen LogP contribution is 2.26. The Hall–Kier alpha value is -1.00. The van der Waals surface area contributed by atoms with Crippen LogP contribution in [0.1, 0.15) is 38.2 Å². The Morgan fingerprint density at radius 3 is 2.76 bits per heavy atom. The molecule has 0 spiro atoms. The van der Waals surface area contributed by atoms with Gasteiger partial charge in [-0.3, -0.25) is 4.98 Å².